The number of rotatable bonds is 3. The van der Waals surface area contributed by atoms with Crippen LogP contribution in [0.15, 0.2) is 58.1 Å². The summed E-state index contributed by atoms with van der Waals surface area (Å²) in [6.07, 6.45) is 1.44. The largest absolute Gasteiger partial charge is 0.297 e. The summed E-state index contributed by atoms with van der Waals surface area (Å²) in [4.78, 5) is 42.7. The van der Waals surface area contributed by atoms with Crippen LogP contribution in [-0.4, -0.2) is 32.8 Å². The van der Waals surface area contributed by atoms with Crippen molar-refractivity contribution in [1.82, 2.24) is 14.5 Å². The van der Waals surface area contributed by atoms with Crippen molar-refractivity contribution in [3.63, 3.8) is 0 Å². The number of hydrogen-bond acceptors (Lipinski definition) is 4. The standard InChI is InChI=1S/C18H12BrN3O3/c19-11-5-6-15-14(9-11)16(23)21(10-20-15)7-8-22-17(24)12-3-1-2-4-13(12)18(22)25/h1-6,9-10H,7-8H2. The first-order valence-corrected chi connectivity index (χ1v) is 8.45. The van der Waals surface area contributed by atoms with Gasteiger partial charge >= 0.3 is 0 Å². The molecule has 3 aromatic rings. The first-order valence-electron chi connectivity index (χ1n) is 7.66. The second kappa shape index (κ2) is 5.93. The lowest BCUT2D eigenvalue weighted by atomic mass is 10.1. The summed E-state index contributed by atoms with van der Waals surface area (Å²) in [6, 6.07) is 12.0. The van der Waals surface area contributed by atoms with Gasteiger partial charge in [0.1, 0.15) is 0 Å². The van der Waals surface area contributed by atoms with Gasteiger partial charge in [0.05, 0.1) is 28.4 Å². The summed E-state index contributed by atoms with van der Waals surface area (Å²) < 4.78 is 2.20. The van der Waals surface area contributed by atoms with Crippen LogP contribution in [0.1, 0.15) is 20.7 Å². The smallest absolute Gasteiger partial charge is 0.261 e. The highest BCUT2D eigenvalue weighted by atomic mass is 79.9. The highest BCUT2D eigenvalue weighted by Crippen LogP contribution is 2.22. The molecule has 0 saturated heterocycles. The molecule has 0 atom stereocenters. The Bertz CT molecular complexity index is 1060. The molecule has 2 amide bonds. The Morgan fingerprint density at radius 3 is 2.28 bits per heavy atom. The van der Waals surface area contributed by atoms with Crippen LogP contribution in [0, 0.1) is 0 Å². The SMILES string of the molecule is O=C1c2ccccc2C(=O)N1CCn1cnc2ccc(Br)cc2c1=O. The van der Waals surface area contributed by atoms with E-state index in [2.05, 4.69) is 20.9 Å². The first kappa shape index (κ1) is 15.7. The molecule has 124 valence electrons. The Balaban J connectivity index is 1.62. The highest BCUT2D eigenvalue weighted by molar-refractivity contribution is 9.10. The van der Waals surface area contributed by atoms with E-state index >= 15 is 0 Å². The van der Waals surface area contributed by atoms with Gasteiger partial charge in [-0.05, 0) is 30.3 Å². The van der Waals surface area contributed by atoms with E-state index < -0.39 is 0 Å². The van der Waals surface area contributed by atoms with Crippen molar-refractivity contribution >= 4 is 38.6 Å². The Morgan fingerprint density at radius 2 is 1.60 bits per heavy atom. The average Bonchev–Trinajstić information content (AvgIpc) is 2.86. The van der Waals surface area contributed by atoms with Crippen LogP contribution < -0.4 is 5.56 Å². The Morgan fingerprint density at radius 1 is 0.920 bits per heavy atom. The quantitative estimate of drug-likeness (QED) is 0.636. The molecule has 0 saturated carbocycles. The van der Waals surface area contributed by atoms with Crippen LogP contribution in [0.3, 0.4) is 0 Å². The fraction of sp³-hybridized carbons (Fsp3) is 0.111. The molecule has 0 N–H and O–H groups in total. The van der Waals surface area contributed by atoms with Gasteiger partial charge in [-0.15, -0.1) is 0 Å². The van der Waals surface area contributed by atoms with E-state index in [9.17, 15) is 14.4 Å². The zero-order valence-corrected chi connectivity index (χ0v) is 14.6. The van der Waals surface area contributed by atoms with E-state index in [1.165, 1.54) is 15.8 Å². The molecule has 1 aromatic heterocycles. The third-order valence-electron chi connectivity index (χ3n) is 4.23. The van der Waals surface area contributed by atoms with Crippen molar-refractivity contribution in [1.29, 1.82) is 0 Å². The minimum atomic E-state index is -0.329. The van der Waals surface area contributed by atoms with Crippen LogP contribution in [-0.2, 0) is 6.54 Å². The van der Waals surface area contributed by atoms with Crippen LogP contribution in [0.4, 0.5) is 0 Å². The molecule has 0 unspecified atom stereocenters. The number of carbonyl (C=O) groups excluding carboxylic acids is 2. The molecule has 0 spiro atoms. The summed E-state index contributed by atoms with van der Waals surface area (Å²) in [5, 5.41) is 0.485. The second-order valence-corrected chi connectivity index (χ2v) is 6.63. The minimum Gasteiger partial charge on any atom is -0.297 e. The van der Waals surface area contributed by atoms with Crippen molar-refractivity contribution < 1.29 is 9.59 Å². The van der Waals surface area contributed by atoms with Gasteiger partial charge in [-0.25, -0.2) is 4.98 Å². The molecule has 1 aliphatic heterocycles. The maximum absolute atomic E-state index is 12.6. The van der Waals surface area contributed by atoms with Gasteiger partial charge in [0, 0.05) is 17.6 Å². The van der Waals surface area contributed by atoms with Crippen molar-refractivity contribution in [3.05, 3.63) is 74.7 Å². The minimum absolute atomic E-state index is 0.118. The number of hydrogen-bond donors (Lipinski definition) is 0. The van der Waals surface area contributed by atoms with E-state index in [4.69, 9.17) is 0 Å². The third kappa shape index (κ3) is 2.56. The molecule has 0 fully saturated rings. The van der Waals surface area contributed by atoms with Crippen molar-refractivity contribution in [2.45, 2.75) is 6.54 Å². The molecule has 25 heavy (non-hydrogen) atoms. The van der Waals surface area contributed by atoms with Gasteiger partial charge in [-0.3, -0.25) is 23.9 Å². The van der Waals surface area contributed by atoms with Gasteiger partial charge < -0.3 is 0 Å². The topological polar surface area (TPSA) is 72.3 Å². The fourth-order valence-corrected chi connectivity index (χ4v) is 3.30. The monoisotopic (exact) mass is 397 g/mol. The lowest BCUT2D eigenvalue weighted by Gasteiger charge is -2.14. The normalized spacial score (nSPS) is 13.6. The highest BCUT2D eigenvalue weighted by Gasteiger charge is 2.34. The number of imide groups is 1. The number of benzene rings is 2. The Hall–Kier alpha value is -2.80. The van der Waals surface area contributed by atoms with Gasteiger partial charge in [0.2, 0.25) is 0 Å². The summed E-state index contributed by atoms with van der Waals surface area (Å²) in [5.41, 5.74) is 1.20. The predicted molar refractivity (Wildman–Crippen MR) is 95.5 cm³/mol. The van der Waals surface area contributed by atoms with Crippen molar-refractivity contribution in [2.75, 3.05) is 6.54 Å². The van der Waals surface area contributed by atoms with Crippen molar-refractivity contribution in [3.8, 4) is 0 Å². The summed E-state index contributed by atoms with van der Waals surface area (Å²) >= 11 is 3.34. The number of nitrogens with zero attached hydrogens (tertiary/aromatic N) is 3. The van der Waals surface area contributed by atoms with Crippen LogP contribution in [0.2, 0.25) is 0 Å². The van der Waals surface area contributed by atoms with Gasteiger partial charge in [0.25, 0.3) is 17.4 Å². The second-order valence-electron chi connectivity index (χ2n) is 5.71. The average molecular weight is 398 g/mol. The Labute approximate surface area is 150 Å². The number of fused-ring (bicyclic) bond motifs is 2. The lowest BCUT2D eigenvalue weighted by molar-refractivity contribution is 0.0648. The number of halogens is 1. The van der Waals surface area contributed by atoms with Crippen LogP contribution in [0.25, 0.3) is 10.9 Å². The van der Waals surface area contributed by atoms with Crippen LogP contribution >= 0.6 is 15.9 Å². The number of aromatic nitrogens is 2. The molecule has 2 heterocycles. The van der Waals surface area contributed by atoms with Crippen LogP contribution in [0.5, 0.6) is 0 Å². The van der Waals surface area contributed by atoms with E-state index in [0.29, 0.717) is 22.0 Å². The van der Waals surface area contributed by atoms with Crippen molar-refractivity contribution in [2.24, 2.45) is 0 Å². The molecule has 0 aliphatic carbocycles. The first-order chi connectivity index (χ1) is 12.1. The molecule has 2 aromatic carbocycles. The van der Waals surface area contributed by atoms with Gasteiger partial charge in [-0.2, -0.15) is 0 Å². The van der Waals surface area contributed by atoms with Gasteiger partial charge in [0.15, 0.2) is 0 Å². The molecule has 7 heteroatoms. The van der Waals surface area contributed by atoms with E-state index in [1.807, 2.05) is 6.07 Å². The molecular weight excluding hydrogens is 386 g/mol. The summed E-state index contributed by atoms with van der Waals surface area (Å²) in [7, 11) is 0. The molecular formula is C18H12BrN3O3. The number of carbonyl (C=O) groups is 2. The molecule has 4 rings (SSSR count). The van der Waals surface area contributed by atoms with E-state index in [0.717, 1.165) is 4.47 Å². The predicted octanol–water partition coefficient (Wildman–Crippen LogP) is 2.46. The lowest BCUT2D eigenvalue weighted by Crippen LogP contribution is -2.35. The van der Waals surface area contributed by atoms with E-state index in [1.54, 1.807) is 36.4 Å². The summed E-state index contributed by atoms with van der Waals surface area (Å²) in [5.74, 6) is -0.657. The maximum atomic E-state index is 12.6. The Kier molecular flexibility index (Phi) is 3.73. The van der Waals surface area contributed by atoms with E-state index in [-0.39, 0.29) is 30.5 Å². The zero-order valence-electron chi connectivity index (χ0n) is 13.0. The third-order valence-corrected chi connectivity index (χ3v) is 4.72. The fourth-order valence-electron chi connectivity index (χ4n) is 2.94. The number of amides is 2. The molecule has 0 bridgehead atoms. The summed E-state index contributed by atoms with van der Waals surface area (Å²) in [6.45, 7) is 0.313. The molecule has 1 aliphatic rings. The molecule has 0 radical (unpaired) electrons. The molecule has 6 nitrogen and oxygen atoms in total. The van der Waals surface area contributed by atoms with Gasteiger partial charge in [-0.1, -0.05) is 28.1 Å². The zero-order chi connectivity index (χ0) is 17.6. The maximum Gasteiger partial charge on any atom is 0.261 e.